The highest BCUT2D eigenvalue weighted by Crippen LogP contribution is 2.31. The van der Waals surface area contributed by atoms with Crippen molar-refractivity contribution in [1.82, 2.24) is 0 Å². The minimum atomic E-state index is -3.92. The zero-order valence-corrected chi connectivity index (χ0v) is 16.3. The lowest BCUT2D eigenvalue weighted by Crippen LogP contribution is -2.40. The normalized spacial score (nSPS) is 14.7. The molecule has 8 nitrogen and oxygen atoms in total. The molecule has 0 aromatic heterocycles. The fourth-order valence-corrected chi connectivity index (χ4v) is 3.97. The fraction of sp³-hybridized carbons (Fsp3) is 0.263. The van der Waals surface area contributed by atoms with Gasteiger partial charge in [-0.1, -0.05) is 0 Å². The first kappa shape index (κ1) is 19.7. The van der Waals surface area contributed by atoms with Gasteiger partial charge in [-0.3, -0.25) is 19.2 Å². The van der Waals surface area contributed by atoms with Gasteiger partial charge in [0.1, 0.15) is 11.5 Å². The molecule has 2 aromatic carbocycles. The zero-order valence-electron chi connectivity index (χ0n) is 15.5. The third-order valence-corrected chi connectivity index (χ3v) is 5.72. The Morgan fingerprint density at radius 1 is 0.929 bits per heavy atom. The predicted molar refractivity (Wildman–Crippen MR) is 103 cm³/mol. The molecule has 1 saturated heterocycles. The summed E-state index contributed by atoms with van der Waals surface area (Å²) >= 11 is 0. The van der Waals surface area contributed by atoms with Gasteiger partial charge in [0, 0.05) is 18.9 Å². The van der Waals surface area contributed by atoms with Gasteiger partial charge in [-0.05, 0) is 42.8 Å². The van der Waals surface area contributed by atoms with Gasteiger partial charge in [0.05, 0.1) is 30.5 Å². The molecule has 148 valence electrons. The number of nitrogens with zero attached hydrogens (tertiary/aromatic N) is 1. The number of hydrogen-bond acceptors (Lipinski definition) is 6. The Morgan fingerprint density at radius 2 is 1.57 bits per heavy atom. The largest absolute Gasteiger partial charge is 0.497 e. The van der Waals surface area contributed by atoms with Gasteiger partial charge in [0.25, 0.3) is 10.0 Å². The maximum atomic E-state index is 12.7. The van der Waals surface area contributed by atoms with E-state index in [2.05, 4.69) is 4.72 Å². The van der Waals surface area contributed by atoms with Crippen LogP contribution >= 0.6 is 0 Å². The summed E-state index contributed by atoms with van der Waals surface area (Å²) in [5.41, 5.74) is 0.583. The summed E-state index contributed by atoms with van der Waals surface area (Å²) in [5, 5.41) is 0. The minimum Gasteiger partial charge on any atom is -0.497 e. The topological polar surface area (TPSA) is 102 Å². The maximum absolute atomic E-state index is 12.7. The van der Waals surface area contributed by atoms with Gasteiger partial charge in [-0.25, -0.2) is 8.42 Å². The molecule has 2 aromatic rings. The van der Waals surface area contributed by atoms with Gasteiger partial charge in [0.2, 0.25) is 11.8 Å². The van der Waals surface area contributed by atoms with E-state index in [1.807, 2.05) is 0 Å². The van der Waals surface area contributed by atoms with Crippen LogP contribution in [0.5, 0.6) is 11.5 Å². The van der Waals surface area contributed by atoms with Crippen LogP contribution in [0, 0.1) is 0 Å². The second kappa shape index (κ2) is 7.89. The van der Waals surface area contributed by atoms with Gasteiger partial charge in [0.15, 0.2) is 0 Å². The number of hydrogen-bond donors (Lipinski definition) is 1. The lowest BCUT2D eigenvalue weighted by molar-refractivity contribution is -0.129. The molecule has 2 amide bonds. The van der Waals surface area contributed by atoms with E-state index in [-0.39, 0.29) is 22.4 Å². The summed E-state index contributed by atoms with van der Waals surface area (Å²) < 4.78 is 38.2. The Bertz CT molecular complexity index is 986. The molecule has 0 bridgehead atoms. The Balaban J connectivity index is 1.87. The summed E-state index contributed by atoms with van der Waals surface area (Å²) in [6, 6.07) is 10.3. The van der Waals surface area contributed by atoms with Gasteiger partial charge >= 0.3 is 0 Å². The van der Waals surface area contributed by atoms with E-state index in [9.17, 15) is 18.0 Å². The van der Waals surface area contributed by atoms with E-state index in [1.165, 1.54) is 44.6 Å². The van der Waals surface area contributed by atoms with Gasteiger partial charge in [-0.2, -0.15) is 0 Å². The molecule has 1 heterocycles. The number of anilines is 2. The summed E-state index contributed by atoms with van der Waals surface area (Å²) in [5.74, 6) is 0.235. The van der Waals surface area contributed by atoms with E-state index >= 15 is 0 Å². The molecule has 0 aliphatic carbocycles. The Hall–Kier alpha value is -3.07. The molecule has 0 unspecified atom stereocenters. The van der Waals surface area contributed by atoms with Crippen LogP contribution in [0.25, 0.3) is 0 Å². The number of rotatable bonds is 6. The molecule has 1 aliphatic rings. The van der Waals surface area contributed by atoms with Crippen LogP contribution in [0.15, 0.2) is 47.4 Å². The molecule has 9 heteroatoms. The summed E-state index contributed by atoms with van der Waals surface area (Å²) in [4.78, 5) is 25.1. The lowest BCUT2D eigenvalue weighted by atomic mass is 10.1. The number of sulfonamides is 1. The molecule has 1 aliphatic heterocycles. The van der Waals surface area contributed by atoms with Crippen molar-refractivity contribution >= 4 is 33.2 Å². The molecule has 1 fully saturated rings. The Kier molecular flexibility index (Phi) is 5.55. The van der Waals surface area contributed by atoms with Crippen LogP contribution in [-0.2, 0) is 19.6 Å². The molecule has 0 saturated carbocycles. The third-order valence-electron chi connectivity index (χ3n) is 4.34. The van der Waals surface area contributed by atoms with E-state index < -0.39 is 10.0 Å². The number of imide groups is 1. The van der Waals surface area contributed by atoms with E-state index in [0.29, 0.717) is 36.4 Å². The Labute approximate surface area is 163 Å². The highest BCUT2D eigenvalue weighted by Gasteiger charge is 2.27. The number of ether oxygens (including phenoxy) is 2. The quantitative estimate of drug-likeness (QED) is 0.743. The molecular weight excluding hydrogens is 384 g/mol. The third kappa shape index (κ3) is 3.94. The summed E-state index contributed by atoms with van der Waals surface area (Å²) in [6.07, 6.45) is 1.12. The number of nitrogens with one attached hydrogen (secondary N) is 1. The van der Waals surface area contributed by atoms with E-state index in [4.69, 9.17) is 9.47 Å². The summed E-state index contributed by atoms with van der Waals surface area (Å²) in [7, 11) is -1.01. The number of carbonyl (C=O) groups excluding carboxylic acids is 2. The van der Waals surface area contributed by atoms with Gasteiger partial charge in [-0.15, -0.1) is 0 Å². The Morgan fingerprint density at radius 3 is 2.14 bits per heavy atom. The maximum Gasteiger partial charge on any atom is 0.262 e. The molecule has 0 spiro atoms. The second-order valence-corrected chi connectivity index (χ2v) is 7.82. The first-order valence-electron chi connectivity index (χ1n) is 8.56. The van der Waals surface area contributed by atoms with Crippen LogP contribution < -0.4 is 19.1 Å². The molecule has 0 radical (unpaired) electrons. The minimum absolute atomic E-state index is 0.0157. The van der Waals surface area contributed by atoms with Crippen molar-refractivity contribution < 1.29 is 27.5 Å². The average Bonchev–Trinajstić information content (AvgIpc) is 2.68. The first-order valence-corrected chi connectivity index (χ1v) is 10.0. The monoisotopic (exact) mass is 404 g/mol. The predicted octanol–water partition coefficient (Wildman–Crippen LogP) is 2.55. The fourth-order valence-electron chi connectivity index (χ4n) is 2.91. The van der Waals surface area contributed by atoms with Crippen molar-refractivity contribution in [2.45, 2.75) is 24.2 Å². The summed E-state index contributed by atoms with van der Waals surface area (Å²) in [6.45, 7) is 0. The van der Waals surface area contributed by atoms with Crippen LogP contribution in [0.4, 0.5) is 11.4 Å². The smallest absolute Gasteiger partial charge is 0.262 e. The van der Waals surface area contributed by atoms with Crippen LogP contribution in [0.3, 0.4) is 0 Å². The molecule has 28 heavy (non-hydrogen) atoms. The van der Waals surface area contributed by atoms with Gasteiger partial charge < -0.3 is 9.47 Å². The van der Waals surface area contributed by atoms with E-state index in [1.54, 1.807) is 12.1 Å². The van der Waals surface area contributed by atoms with Crippen molar-refractivity contribution in [1.29, 1.82) is 0 Å². The zero-order chi connectivity index (χ0) is 20.3. The standard InChI is InChI=1S/C19H20N2O6S/c1-26-14-8-11-17(27-2)16(12-14)20-28(24,25)15-9-6-13(7-10-15)21-18(22)4-3-5-19(21)23/h6-12,20H,3-5H2,1-2H3. The van der Waals surface area contributed by atoms with Crippen molar-refractivity contribution in [3.05, 3.63) is 42.5 Å². The lowest BCUT2D eigenvalue weighted by Gasteiger charge is -2.25. The number of benzene rings is 2. The van der Waals surface area contributed by atoms with Crippen molar-refractivity contribution in [3.8, 4) is 11.5 Å². The molecule has 1 N–H and O–H groups in total. The highest BCUT2D eigenvalue weighted by atomic mass is 32.2. The van der Waals surface area contributed by atoms with Crippen LogP contribution in [0.2, 0.25) is 0 Å². The molecule has 3 rings (SSSR count). The van der Waals surface area contributed by atoms with Crippen molar-refractivity contribution in [2.75, 3.05) is 23.8 Å². The van der Waals surface area contributed by atoms with E-state index in [0.717, 1.165) is 4.90 Å². The highest BCUT2D eigenvalue weighted by molar-refractivity contribution is 7.92. The molecule has 0 atom stereocenters. The number of methoxy groups -OCH3 is 2. The number of carbonyl (C=O) groups is 2. The second-order valence-electron chi connectivity index (χ2n) is 6.14. The number of piperidine rings is 1. The molecular formula is C19H20N2O6S. The average molecular weight is 404 g/mol. The first-order chi connectivity index (χ1) is 13.4. The SMILES string of the molecule is COc1ccc(OC)c(NS(=O)(=O)c2ccc(N3C(=O)CCCC3=O)cc2)c1. The van der Waals surface area contributed by atoms with Crippen molar-refractivity contribution in [3.63, 3.8) is 0 Å². The number of amides is 2. The van der Waals surface area contributed by atoms with Crippen molar-refractivity contribution in [2.24, 2.45) is 0 Å². The van der Waals surface area contributed by atoms with Crippen LogP contribution in [-0.4, -0.2) is 34.5 Å². The van der Waals surface area contributed by atoms with Crippen LogP contribution in [0.1, 0.15) is 19.3 Å².